The van der Waals surface area contributed by atoms with Crippen molar-refractivity contribution in [2.45, 2.75) is 17.4 Å². The van der Waals surface area contributed by atoms with Crippen molar-refractivity contribution in [1.82, 2.24) is 24.9 Å². The molecule has 9 rings (SSSR count). The maximum absolute atomic E-state index is 14.5. The molecule has 1 N–H and O–H groups in total. The number of hydrogen-bond acceptors (Lipinski definition) is 12. The smallest absolute Gasteiger partial charge is 0.265 e. The van der Waals surface area contributed by atoms with Crippen molar-refractivity contribution >= 4 is 86.3 Å². The van der Waals surface area contributed by atoms with Gasteiger partial charge in [0, 0.05) is 64.6 Å². The zero-order valence-electron chi connectivity index (χ0n) is 33.0. The minimum absolute atomic E-state index is 0.0160. The molecule has 1 atom stereocenters. The molecule has 324 valence electrons. The van der Waals surface area contributed by atoms with Gasteiger partial charge in [-0.3, -0.25) is 19.7 Å². The van der Waals surface area contributed by atoms with Crippen LogP contribution in [0.15, 0.2) is 139 Å². The molecule has 1 aliphatic rings. The molecule has 6 heterocycles. The van der Waals surface area contributed by atoms with Crippen molar-refractivity contribution in [3.63, 3.8) is 0 Å². The van der Waals surface area contributed by atoms with Crippen LogP contribution >= 0.6 is 23.2 Å². The van der Waals surface area contributed by atoms with E-state index < -0.39 is 52.6 Å². The normalized spacial score (nSPS) is 15.0. The fraction of sp³-hybridized carbons (Fsp3) is 0.114. The van der Waals surface area contributed by atoms with Gasteiger partial charge in [-0.25, -0.2) is 43.9 Å². The van der Waals surface area contributed by atoms with E-state index in [4.69, 9.17) is 27.9 Å². The summed E-state index contributed by atoms with van der Waals surface area (Å²) >= 11 is 13.1. The summed E-state index contributed by atoms with van der Waals surface area (Å²) in [6.45, 7) is 0. The first kappa shape index (κ1) is 43.0. The number of aromatic nitrogens is 5. The first-order valence-electron chi connectivity index (χ1n) is 19.3. The third-order valence-electron chi connectivity index (χ3n) is 10.4. The lowest BCUT2D eigenvalue weighted by atomic mass is 9.99. The van der Waals surface area contributed by atoms with Crippen LogP contribution in [0.4, 0.5) is 15.8 Å². The average Bonchev–Trinajstić information content (AvgIpc) is 3.63. The van der Waals surface area contributed by atoms with Crippen LogP contribution < -0.4 is 13.8 Å². The molecule has 0 amide bonds. The summed E-state index contributed by atoms with van der Waals surface area (Å²) in [7, 11) is -12.7. The molecule has 8 aromatic rings. The van der Waals surface area contributed by atoms with E-state index in [0.717, 1.165) is 40.8 Å². The molecule has 5 aromatic heterocycles. The SMILES string of the molecule is O=S1(=O)CCC(Oc2ccnc3ccc(-c4cnc(Cl)c(N(CS(=O)(=O)Nc5cc(-c6ccc7nccc(-c8cccnc8)c7c6)cnc5Cl)S(=O)(=O)c5ccc(F)cc5)c4)cc23)C1. The number of fused-ring (bicyclic) bond motifs is 2. The quantitative estimate of drug-likeness (QED) is 0.115. The lowest BCUT2D eigenvalue weighted by molar-refractivity contribution is 0.231. The monoisotopic (exact) mass is 955 g/mol. The molecule has 0 saturated carbocycles. The third-order valence-corrected chi connectivity index (χ3v) is 15.8. The fourth-order valence-electron chi connectivity index (χ4n) is 7.34. The number of halogens is 3. The molecule has 3 aromatic carbocycles. The molecular weight excluding hydrogens is 925 g/mol. The summed E-state index contributed by atoms with van der Waals surface area (Å²) in [5.41, 5.74) is 4.46. The number of anilines is 2. The van der Waals surface area contributed by atoms with Crippen LogP contribution in [0.1, 0.15) is 6.42 Å². The Hall–Kier alpha value is -6.31. The Morgan fingerprint density at radius 2 is 1.39 bits per heavy atom. The lowest BCUT2D eigenvalue weighted by Gasteiger charge is -2.25. The van der Waals surface area contributed by atoms with Gasteiger partial charge < -0.3 is 4.74 Å². The van der Waals surface area contributed by atoms with Crippen LogP contribution in [0.2, 0.25) is 10.3 Å². The highest BCUT2D eigenvalue weighted by Gasteiger charge is 2.33. The second-order valence-electron chi connectivity index (χ2n) is 14.8. The van der Waals surface area contributed by atoms with E-state index in [-0.39, 0.29) is 33.2 Å². The van der Waals surface area contributed by atoms with Crippen LogP contribution in [-0.2, 0) is 29.9 Å². The van der Waals surface area contributed by atoms with Gasteiger partial charge in [-0.05, 0) is 102 Å². The second kappa shape index (κ2) is 17.0. The summed E-state index contributed by atoms with van der Waals surface area (Å²) < 4.78 is 105. The minimum atomic E-state index is -4.81. The Morgan fingerprint density at radius 1 is 0.719 bits per heavy atom. The average molecular weight is 957 g/mol. The van der Waals surface area contributed by atoms with Crippen LogP contribution in [0.3, 0.4) is 0 Å². The number of sulfone groups is 1. The highest BCUT2D eigenvalue weighted by molar-refractivity contribution is 7.96. The van der Waals surface area contributed by atoms with Gasteiger partial charge in [0.1, 0.15) is 17.7 Å². The van der Waals surface area contributed by atoms with Gasteiger partial charge in [0.15, 0.2) is 26.0 Å². The number of ether oxygens (including phenoxy) is 1. The highest BCUT2D eigenvalue weighted by Crippen LogP contribution is 2.38. The molecule has 1 saturated heterocycles. The summed E-state index contributed by atoms with van der Waals surface area (Å²) in [5.74, 6) is -1.68. The maximum Gasteiger partial charge on any atom is 0.265 e. The van der Waals surface area contributed by atoms with Crippen LogP contribution in [0, 0.1) is 5.82 Å². The molecule has 1 aliphatic heterocycles. The molecule has 64 heavy (non-hydrogen) atoms. The predicted molar refractivity (Wildman–Crippen MR) is 244 cm³/mol. The van der Waals surface area contributed by atoms with E-state index in [1.165, 1.54) is 30.7 Å². The van der Waals surface area contributed by atoms with E-state index in [1.54, 1.807) is 48.9 Å². The van der Waals surface area contributed by atoms with Gasteiger partial charge in [0.25, 0.3) is 20.0 Å². The Labute approximate surface area is 376 Å². The van der Waals surface area contributed by atoms with Crippen LogP contribution in [0.25, 0.3) is 55.2 Å². The van der Waals surface area contributed by atoms with Gasteiger partial charge in [0.2, 0.25) is 0 Å². The number of benzene rings is 3. The van der Waals surface area contributed by atoms with E-state index in [1.807, 2.05) is 30.3 Å². The van der Waals surface area contributed by atoms with Crippen molar-refractivity contribution in [2.75, 3.05) is 26.4 Å². The van der Waals surface area contributed by atoms with Crippen molar-refractivity contribution in [3.8, 4) is 39.1 Å². The zero-order chi connectivity index (χ0) is 44.8. The fourth-order valence-corrected chi connectivity index (χ4v) is 12.5. The summed E-state index contributed by atoms with van der Waals surface area (Å²) in [6.07, 6.45) is 9.27. The van der Waals surface area contributed by atoms with Crippen molar-refractivity contribution in [3.05, 3.63) is 150 Å². The topological polar surface area (TPSA) is 191 Å². The number of nitrogens with zero attached hydrogens (tertiary/aromatic N) is 6. The predicted octanol–water partition coefficient (Wildman–Crippen LogP) is 8.58. The highest BCUT2D eigenvalue weighted by atomic mass is 35.5. The largest absolute Gasteiger partial charge is 0.489 e. The standard InChI is InChI=1S/C44H32Cl2FN7O7S3/c45-43-40(20-30(23-51-43)27-3-9-38-36(18-27)35(11-15-49-38)29-2-1-14-48-22-29)53-63(57,58)26-54(64(59,60)34-7-5-32(47)6-8-34)41-21-31(24-52-44(41)46)28-4-10-39-37(19-28)42(12-16-50-39)61-33-13-17-62(55,56)25-33/h1-12,14-16,18-24,33,53H,13,17,25-26H2. The number of nitrogens with one attached hydrogen (secondary N) is 1. The van der Waals surface area contributed by atoms with Gasteiger partial charge in [0.05, 0.1) is 38.8 Å². The van der Waals surface area contributed by atoms with E-state index in [0.29, 0.717) is 55.1 Å². The van der Waals surface area contributed by atoms with Gasteiger partial charge in [-0.2, -0.15) is 0 Å². The van der Waals surface area contributed by atoms with E-state index in [2.05, 4.69) is 29.6 Å². The van der Waals surface area contributed by atoms with Gasteiger partial charge in [-0.15, -0.1) is 0 Å². The van der Waals surface area contributed by atoms with E-state index in [9.17, 15) is 29.6 Å². The molecular formula is C44H32Cl2FN7O7S3. The van der Waals surface area contributed by atoms with Gasteiger partial charge >= 0.3 is 0 Å². The molecule has 20 heteroatoms. The summed E-state index contributed by atoms with van der Waals surface area (Å²) in [6, 6.07) is 24.5. The maximum atomic E-state index is 14.5. The first-order chi connectivity index (χ1) is 30.6. The van der Waals surface area contributed by atoms with Crippen LogP contribution in [0.5, 0.6) is 5.75 Å². The van der Waals surface area contributed by atoms with E-state index >= 15 is 0 Å². The molecule has 0 spiro atoms. The number of sulfonamides is 2. The van der Waals surface area contributed by atoms with Gasteiger partial charge in [-0.1, -0.05) is 41.4 Å². The Balaban J connectivity index is 1.07. The Kier molecular flexibility index (Phi) is 11.4. The lowest BCUT2D eigenvalue weighted by Crippen LogP contribution is -2.38. The number of pyridine rings is 5. The third kappa shape index (κ3) is 8.91. The van der Waals surface area contributed by atoms with Crippen molar-refractivity contribution < 1.29 is 34.4 Å². The first-order valence-corrected chi connectivity index (χ1v) is 25.0. The number of hydrogen-bond donors (Lipinski definition) is 1. The molecule has 0 aliphatic carbocycles. The second-order valence-corrected chi connectivity index (χ2v) is 21.3. The summed E-state index contributed by atoms with van der Waals surface area (Å²) in [5, 5.41) is 0.751. The van der Waals surface area contributed by atoms with Crippen molar-refractivity contribution in [2.24, 2.45) is 0 Å². The summed E-state index contributed by atoms with van der Waals surface area (Å²) in [4.78, 5) is 21.2. The molecule has 0 radical (unpaired) electrons. The Bertz CT molecular complexity index is 3470. The number of rotatable bonds is 12. The minimum Gasteiger partial charge on any atom is -0.489 e. The Morgan fingerprint density at radius 3 is 2.08 bits per heavy atom. The molecule has 0 bridgehead atoms. The zero-order valence-corrected chi connectivity index (χ0v) is 37.0. The van der Waals surface area contributed by atoms with Crippen molar-refractivity contribution in [1.29, 1.82) is 0 Å². The molecule has 14 nitrogen and oxygen atoms in total. The molecule has 1 fully saturated rings. The molecule has 1 unspecified atom stereocenters. The van der Waals surface area contributed by atoms with Crippen LogP contribution in [-0.4, -0.2) is 73.7 Å².